The molecule has 1 aliphatic rings. The number of hydrogen-bond donors (Lipinski definition) is 1. The van der Waals surface area contributed by atoms with Gasteiger partial charge in [0.2, 0.25) is 0 Å². The lowest BCUT2D eigenvalue weighted by molar-refractivity contribution is 0.233. The van der Waals surface area contributed by atoms with E-state index >= 15 is 0 Å². The molecule has 2 unspecified atom stereocenters. The molecule has 0 radical (unpaired) electrons. The second-order valence-electron chi connectivity index (χ2n) is 4.02. The maximum atomic E-state index is 11.9. The largest absolute Gasteiger partial charge is 0.311 e. The summed E-state index contributed by atoms with van der Waals surface area (Å²) in [6.07, 6.45) is 0. The third-order valence-corrected chi connectivity index (χ3v) is 4.49. The van der Waals surface area contributed by atoms with Gasteiger partial charge in [-0.3, -0.25) is 0 Å². The minimum absolute atomic E-state index is 0. The van der Waals surface area contributed by atoms with Crippen LogP contribution in [0.25, 0.3) is 0 Å². The van der Waals surface area contributed by atoms with E-state index in [2.05, 4.69) is 5.32 Å². The summed E-state index contributed by atoms with van der Waals surface area (Å²) in [5, 5.41) is 3.25. The highest BCUT2D eigenvalue weighted by molar-refractivity contribution is 7.86. The summed E-state index contributed by atoms with van der Waals surface area (Å²) in [6, 6.07) is 0.250. The number of halogens is 1. The molecule has 0 aromatic rings. The van der Waals surface area contributed by atoms with Gasteiger partial charge in [-0.15, -0.1) is 12.4 Å². The Kier molecular flexibility index (Phi) is 5.49. The fourth-order valence-corrected chi connectivity index (χ4v) is 2.88. The molecular formula is C8H20ClN3O2S. The SMILES string of the molecule is CC1CN(S(=O)(=O)N(C)C)C(C)CN1.Cl. The molecular weight excluding hydrogens is 238 g/mol. The van der Waals surface area contributed by atoms with E-state index in [0.29, 0.717) is 13.1 Å². The van der Waals surface area contributed by atoms with Crippen LogP contribution in [0, 0.1) is 0 Å². The van der Waals surface area contributed by atoms with Gasteiger partial charge in [-0.2, -0.15) is 17.0 Å². The van der Waals surface area contributed by atoms with Crippen molar-refractivity contribution in [3.63, 3.8) is 0 Å². The summed E-state index contributed by atoms with van der Waals surface area (Å²) < 4.78 is 26.5. The monoisotopic (exact) mass is 257 g/mol. The second-order valence-corrected chi connectivity index (χ2v) is 6.11. The molecule has 5 nitrogen and oxygen atoms in total. The summed E-state index contributed by atoms with van der Waals surface area (Å²) in [6.45, 7) is 5.17. The quantitative estimate of drug-likeness (QED) is 0.752. The highest BCUT2D eigenvalue weighted by Crippen LogP contribution is 2.13. The highest BCUT2D eigenvalue weighted by Gasteiger charge is 2.33. The smallest absolute Gasteiger partial charge is 0.281 e. The average molecular weight is 258 g/mol. The molecule has 0 amide bonds. The van der Waals surface area contributed by atoms with Gasteiger partial charge in [0.15, 0.2) is 0 Å². The fourth-order valence-electron chi connectivity index (χ4n) is 1.52. The van der Waals surface area contributed by atoms with E-state index in [4.69, 9.17) is 0 Å². The van der Waals surface area contributed by atoms with Crippen LogP contribution >= 0.6 is 12.4 Å². The third kappa shape index (κ3) is 3.29. The lowest BCUT2D eigenvalue weighted by Gasteiger charge is -2.37. The molecule has 0 aromatic carbocycles. The van der Waals surface area contributed by atoms with E-state index < -0.39 is 10.2 Å². The molecule has 0 bridgehead atoms. The zero-order chi connectivity index (χ0) is 10.9. The van der Waals surface area contributed by atoms with Crippen molar-refractivity contribution in [2.24, 2.45) is 0 Å². The number of nitrogens with zero attached hydrogens (tertiary/aromatic N) is 2. The molecule has 0 saturated carbocycles. The summed E-state index contributed by atoms with van der Waals surface area (Å²) >= 11 is 0. The van der Waals surface area contributed by atoms with Crippen molar-refractivity contribution in [3.8, 4) is 0 Å². The van der Waals surface area contributed by atoms with E-state index in [1.807, 2.05) is 13.8 Å². The first-order valence-corrected chi connectivity index (χ1v) is 6.18. The van der Waals surface area contributed by atoms with Gasteiger partial charge in [0.1, 0.15) is 0 Å². The first-order valence-electron chi connectivity index (χ1n) is 4.78. The van der Waals surface area contributed by atoms with Crippen LogP contribution in [0.5, 0.6) is 0 Å². The van der Waals surface area contributed by atoms with Crippen LogP contribution in [0.15, 0.2) is 0 Å². The number of piperazine rings is 1. The molecule has 1 aliphatic heterocycles. The van der Waals surface area contributed by atoms with Crippen molar-refractivity contribution in [3.05, 3.63) is 0 Å². The molecule has 15 heavy (non-hydrogen) atoms. The van der Waals surface area contributed by atoms with Gasteiger partial charge in [-0.25, -0.2) is 0 Å². The maximum Gasteiger partial charge on any atom is 0.281 e. The first-order chi connectivity index (χ1) is 6.35. The molecule has 1 fully saturated rings. The topological polar surface area (TPSA) is 52.7 Å². The lowest BCUT2D eigenvalue weighted by Crippen LogP contribution is -2.58. The Morgan fingerprint density at radius 1 is 1.33 bits per heavy atom. The Bertz CT molecular complexity index is 294. The molecule has 7 heteroatoms. The van der Waals surface area contributed by atoms with Gasteiger partial charge in [0, 0.05) is 39.3 Å². The van der Waals surface area contributed by atoms with Gasteiger partial charge in [-0.05, 0) is 13.8 Å². The van der Waals surface area contributed by atoms with Crippen molar-refractivity contribution in [1.29, 1.82) is 0 Å². The Morgan fingerprint density at radius 2 is 1.87 bits per heavy atom. The minimum atomic E-state index is -3.26. The fraction of sp³-hybridized carbons (Fsp3) is 1.00. The minimum Gasteiger partial charge on any atom is -0.311 e. The summed E-state index contributed by atoms with van der Waals surface area (Å²) in [5.41, 5.74) is 0. The average Bonchev–Trinajstić information content (AvgIpc) is 2.08. The zero-order valence-corrected chi connectivity index (χ0v) is 11.2. The molecule has 0 aliphatic carbocycles. The maximum absolute atomic E-state index is 11.9. The molecule has 0 spiro atoms. The third-order valence-electron chi connectivity index (χ3n) is 2.46. The van der Waals surface area contributed by atoms with Crippen LogP contribution in [-0.2, 0) is 10.2 Å². The summed E-state index contributed by atoms with van der Waals surface area (Å²) in [4.78, 5) is 0. The number of nitrogens with one attached hydrogen (secondary N) is 1. The zero-order valence-electron chi connectivity index (χ0n) is 9.60. The van der Waals surface area contributed by atoms with Gasteiger partial charge in [-0.1, -0.05) is 0 Å². The van der Waals surface area contributed by atoms with Crippen LogP contribution in [0.4, 0.5) is 0 Å². The van der Waals surface area contributed by atoms with E-state index in [9.17, 15) is 8.42 Å². The normalized spacial score (nSPS) is 28.9. The molecule has 1 saturated heterocycles. The van der Waals surface area contributed by atoms with Crippen LogP contribution in [-0.4, -0.2) is 56.3 Å². The van der Waals surface area contributed by atoms with Gasteiger partial charge >= 0.3 is 0 Å². The standard InChI is InChI=1S/C8H19N3O2S.ClH/c1-7-6-11(8(2)5-9-7)14(12,13)10(3)4;/h7-9H,5-6H2,1-4H3;1H. The van der Waals surface area contributed by atoms with E-state index in [0.717, 1.165) is 0 Å². The van der Waals surface area contributed by atoms with E-state index in [1.54, 1.807) is 18.4 Å². The van der Waals surface area contributed by atoms with Crippen LogP contribution in [0.3, 0.4) is 0 Å². The Balaban J connectivity index is 0.00000196. The van der Waals surface area contributed by atoms with Gasteiger partial charge in [0.25, 0.3) is 10.2 Å². The summed E-state index contributed by atoms with van der Waals surface area (Å²) in [7, 11) is -0.127. The molecule has 92 valence electrons. The number of rotatable bonds is 2. The Morgan fingerprint density at radius 3 is 2.33 bits per heavy atom. The molecule has 1 N–H and O–H groups in total. The van der Waals surface area contributed by atoms with Crippen molar-refractivity contribution >= 4 is 22.6 Å². The van der Waals surface area contributed by atoms with Crippen molar-refractivity contribution < 1.29 is 8.42 Å². The van der Waals surface area contributed by atoms with Crippen molar-refractivity contribution in [1.82, 2.24) is 13.9 Å². The van der Waals surface area contributed by atoms with Crippen molar-refractivity contribution in [2.45, 2.75) is 25.9 Å². The summed E-state index contributed by atoms with van der Waals surface area (Å²) in [5.74, 6) is 0. The highest BCUT2D eigenvalue weighted by atomic mass is 35.5. The van der Waals surface area contributed by atoms with Gasteiger partial charge < -0.3 is 5.32 Å². The second kappa shape index (κ2) is 5.45. The first kappa shape index (κ1) is 15.1. The van der Waals surface area contributed by atoms with E-state index in [-0.39, 0.29) is 24.5 Å². The van der Waals surface area contributed by atoms with Crippen LogP contribution in [0.2, 0.25) is 0 Å². The molecule has 1 rings (SSSR count). The van der Waals surface area contributed by atoms with Crippen LogP contribution in [0.1, 0.15) is 13.8 Å². The van der Waals surface area contributed by atoms with Crippen LogP contribution < -0.4 is 5.32 Å². The molecule has 1 heterocycles. The van der Waals surface area contributed by atoms with Gasteiger partial charge in [0.05, 0.1) is 0 Å². The Labute approximate surface area is 98.4 Å². The molecule has 0 aromatic heterocycles. The van der Waals surface area contributed by atoms with Crippen molar-refractivity contribution in [2.75, 3.05) is 27.2 Å². The Hall–Kier alpha value is 0.120. The molecule has 2 atom stereocenters. The predicted molar refractivity (Wildman–Crippen MR) is 63.5 cm³/mol. The predicted octanol–water partition coefficient (Wildman–Crippen LogP) is -0.103. The lowest BCUT2D eigenvalue weighted by atomic mass is 10.2. The van der Waals surface area contributed by atoms with E-state index in [1.165, 1.54) is 4.31 Å². The number of hydrogen-bond acceptors (Lipinski definition) is 3.